The number of nitrogens with one attached hydrogen (secondary N) is 2. The molecule has 1 amide bonds. The molecule has 1 aliphatic rings. The SMILES string of the molecule is CS(=O)(=O)C1(C(=O)NCCc2ccc(Cl)s2)CCNCC1. The molecular weight excluding hydrogens is 332 g/mol. The molecule has 1 saturated heterocycles. The van der Waals surface area contributed by atoms with E-state index in [-0.39, 0.29) is 5.91 Å². The molecule has 0 unspecified atom stereocenters. The summed E-state index contributed by atoms with van der Waals surface area (Å²) in [6, 6.07) is 3.73. The molecule has 1 aromatic rings. The topological polar surface area (TPSA) is 75.3 Å². The van der Waals surface area contributed by atoms with Crippen molar-refractivity contribution in [3.63, 3.8) is 0 Å². The van der Waals surface area contributed by atoms with E-state index < -0.39 is 14.6 Å². The van der Waals surface area contributed by atoms with Crippen molar-refractivity contribution >= 4 is 38.7 Å². The van der Waals surface area contributed by atoms with Crippen molar-refractivity contribution in [1.29, 1.82) is 0 Å². The molecule has 5 nitrogen and oxygen atoms in total. The molecule has 0 spiro atoms. The van der Waals surface area contributed by atoms with Crippen LogP contribution >= 0.6 is 22.9 Å². The van der Waals surface area contributed by atoms with Crippen LogP contribution in [-0.2, 0) is 21.1 Å². The number of hydrogen-bond acceptors (Lipinski definition) is 5. The van der Waals surface area contributed by atoms with E-state index in [1.54, 1.807) is 0 Å². The van der Waals surface area contributed by atoms with Crippen molar-refractivity contribution in [3.8, 4) is 0 Å². The first-order chi connectivity index (χ1) is 9.85. The van der Waals surface area contributed by atoms with E-state index in [9.17, 15) is 13.2 Å². The summed E-state index contributed by atoms with van der Waals surface area (Å²) in [5, 5.41) is 5.87. The van der Waals surface area contributed by atoms with Crippen LogP contribution < -0.4 is 10.6 Å². The zero-order chi connectivity index (χ0) is 15.5. The number of hydrogen-bond donors (Lipinski definition) is 2. The third kappa shape index (κ3) is 3.77. The first-order valence-corrected chi connectivity index (χ1v) is 9.86. The molecule has 1 fully saturated rings. The van der Waals surface area contributed by atoms with Crippen molar-refractivity contribution < 1.29 is 13.2 Å². The van der Waals surface area contributed by atoms with Crippen LogP contribution in [0.5, 0.6) is 0 Å². The Morgan fingerprint density at radius 2 is 2.10 bits per heavy atom. The minimum absolute atomic E-state index is 0.322. The van der Waals surface area contributed by atoms with Crippen LogP contribution in [0.1, 0.15) is 17.7 Å². The van der Waals surface area contributed by atoms with Crippen molar-refractivity contribution in [1.82, 2.24) is 10.6 Å². The molecule has 8 heteroatoms. The summed E-state index contributed by atoms with van der Waals surface area (Å²) in [5.41, 5.74) is 0. The van der Waals surface area contributed by atoms with Gasteiger partial charge in [-0.2, -0.15) is 0 Å². The maximum absolute atomic E-state index is 12.4. The van der Waals surface area contributed by atoms with Gasteiger partial charge in [0.15, 0.2) is 14.6 Å². The average Bonchev–Trinajstić information content (AvgIpc) is 2.84. The van der Waals surface area contributed by atoms with Crippen molar-refractivity contribution in [2.24, 2.45) is 0 Å². The van der Waals surface area contributed by atoms with Gasteiger partial charge in [0.25, 0.3) is 0 Å². The fourth-order valence-electron chi connectivity index (χ4n) is 2.54. The molecule has 2 rings (SSSR count). The highest BCUT2D eigenvalue weighted by molar-refractivity contribution is 7.92. The highest BCUT2D eigenvalue weighted by atomic mass is 35.5. The van der Waals surface area contributed by atoms with Crippen LogP contribution in [-0.4, -0.2) is 45.0 Å². The highest BCUT2D eigenvalue weighted by Crippen LogP contribution is 2.28. The number of rotatable bonds is 5. The van der Waals surface area contributed by atoms with Gasteiger partial charge in [-0.15, -0.1) is 11.3 Å². The molecule has 0 saturated carbocycles. The van der Waals surface area contributed by atoms with Crippen molar-refractivity contribution in [2.75, 3.05) is 25.9 Å². The number of carbonyl (C=O) groups is 1. The summed E-state index contributed by atoms with van der Waals surface area (Å²) < 4.78 is 23.6. The highest BCUT2D eigenvalue weighted by Gasteiger charge is 2.48. The molecule has 1 aromatic heterocycles. The quantitative estimate of drug-likeness (QED) is 0.837. The van der Waals surface area contributed by atoms with Gasteiger partial charge in [0.1, 0.15) is 0 Å². The van der Waals surface area contributed by atoms with Gasteiger partial charge in [0.2, 0.25) is 5.91 Å². The van der Waals surface area contributed by atoms with E-state index in [1.807, 2.05) is 12.1 Å². The maximum Gasteiger partial charge on any atom is 0.241 e. The minimum Gasteiger partial charge on any atom is -0.354 e. The van der Waals surface area contributed by atoms with Crippen LogP contribution in [0, 0.1) is 0 Å². The van der Waals surface area contributed by atoms with Gasteiger partial charge >= 0.3 is 0 Å². The third-order valence-corrected chi connectivity index (χ3v) is 7.12. The molecule has 0 radical (unpaired) electrons. The van der Waals surface area contributed by atoms with Gasteiger partial charge in [-0.25, -0.2) is 8.42 Å². The molecule has 0 bridgehead atoms. The Kier molecular flexibility index (Phi) is 5.29. The summed E-state index contributed by atoms with van der Waals surface area (Å²) in [7, 11) is -3.45. The van der Waals surface area contributed by atoms with Crippen LogP contribution in [0.25, 0.3) is 0 Å². The Morgan fingerprint density at radius 3 is 2.62 bits per heavy atom. The predicted molar refractivity (Wildman–Crippen MR) is 85.7 cm³/mol. The third-order valence-electron chi connectivity index (χ3n) is 3.82. The van der Waals surface area contributed by atoms with Gasteiger partial charge in [0.05, 0.1) is 4.34 Å². The second-order valence-electron chi connectivity index (χ2n) is 5.23. The predicted octanol–water partition coefficient (Wildman–Crippen LogP) is 1.23. The lowest BCUT2D eigenvalue weighted by Gasteiger charge is -2.34. The Labute approximate surface area is 134 Å². The molecule has 0 aromatic carbocycles. The van der Waals surface area contributed by atoms with Crippen LogP contribution in [0.3, 0.4) is 0 Å². The summed E-state index contributed by atoms with van der Waals surface area (Å²) in [4.78, 5) is 13.5. The molecule has 118 valence electrons. The van der Waals surface area contributed by atoms with Crippen LogP contribution in [0.2, 0.25) is 4.34 Å². The van der Waals surface area contributed by atoms with E-state index >= 15 is 0 Å². The van der Waals surface area contributed by atoms with Gasteiger partial charge in [0, 0.05) is 17.7 Å². The first kappa shape index (κ1) is 16.7. The largest absolute Gasteiger partial charge is 0.354 e. The monoisotopic (exact) mass is 350 g/mol. The molecular formula is C13H19ClN2O3S2. The van der Waals surface area contributed by atoms with E-state index in [4.69, 9.17) is 11.6 Å². The number of carbonyl (C=O) groups excluding carboxylic acids is 1. The Balaban J connectivity index is 1.99. The smallest absolute Gasteiger partial charge is 0.241 e. The van der Waals surface area contributed by atoms with E-state index in [2.05, 4.69) is 10.6 Å². The number of halogens is 1. The first-order valence-electron chi connectivity index (χ1n) is 6.78. The van der Waals surface area contributed by atoms with Crippen LogP contribution in [0.4, 0.5) is 0 Å². The Bertz CT molecular complexity index is 607. The van der Waals surface area contributed by atoms with Crippen molar-refractivity contribution in [2.45, 2.75) is 24.0 Å². The zero-order valence-corrected chi connectivity index (χ0v) is 14.2. The fraction of sp³-hybridized carbons (Fsp3) is 0.615. The maximum atomic E-state index is 12.4. The lowest BCUT2D eigenvalue weighted by atomic mass is 9.96. The lowest BCUT2D eigenvalue weighted by molar-refractivity contribution is -0.124. The van der Waals surface area contributed by atoms with Gasteiger partial charge < -0.3 is 10.6 Å². The Hall–Kier alpha value is -0.630. The molecule has 0 aliphatic carbocycles. The van der Waals surface area contributed by atoms with Gasteiger partial charge in [-0.1, -0.05) is 11.6 Å². The lowest BCUT2D eigenvalue weighted by Crippen LogP contribution is -2.57. The molecule has 2 heterocycles. The number of piperidine rings is 1. The zero-order valence-electron chi connectivity index (χ0n) is 11.8. The molecule has 2 N–H and O–H groups in total. The van der Waals surface area contributed by atoms with Crippen LogP contribution in [0.15, 0.2) is 12.1 Å². The number of thiophene rings is 1. The summed E-state index contributed by atoms with van der Waals surface area (Å²) in [6.45, 7) is 1.50. The standard InChI is InChI=1S/C13H19ClN2O3S2/c1-21(18,19)13(5-8-15-9-6-13)12(17)16-7-4-10-2-3-11(14)20-10/h2-3,15H,4-9H2,1H3,(H,16,17). The second-order valence-corrected chi connectivity index (χ2v) is 9.35. The van der Waals surface area contributed by atoms with E-state index in [1.165, 1.54) is 11.3 Å². The van der Waals surface area contributed by atoms with E-state index in [0.29, 0.717) is 43.2 Å². The normalized spacial score (nSPS) is 18.4. The number of amides is 1. The average molecular weight is 351 g/mol. The Morgan fingerprint density at radius 1 is 1.43 bits per heavy atom. The summed E-state index contributed by atoms with van der Waals surface area (Å²) in [6.07, 6.45) is 2.45. The van der Waals surface area contributed by atoms with Gasteiger partial charge in [-0.05, 0) is 44.5 Å². The molecule has 1 aliphatic heterocycles. The second kappa shape index (κ2) is 6.64. The summed E-state index contributed by atoms with van der Waals surface area (Å²) >= 11 is 7.32. The minimum atomic E-state index is -3.45. The van der Waals surface area contributed by atoms with E-state index in [0.717, 1.165) is 11.1 Å². The number of sulfone groups is 1. The van der Waals surface area contributed by atoms with Gasteiger partial charge in [-0.3, -0.25) is 4.79 Å². The van der Waals surface area contributed by atoms with Crippen molar-refractivity contribution in [3.05, 3.63) is 21.3 Å². The molecule has 0 atom stereocenters. The fourth-order valence-corrected chi connectivity index (χ4v) is 4.98. The molecule has 21 heavy (non-hydrogen) atoms. The summed E-state index contributed by atoms with van der Waals surface area (Å²) in [5.74, 6) is -0.380.